The zero-order valence-corrected chi connectivity index (χ0v) is 10.1. The Morgan fingerprint density at radius 1 is 1.39 bits per heavy atom. The summed E-state index contributed by atoms with van der Waals surface area (Å²) in [6.07, 6.45) is -1.16. The molecule has 18 heavy (non-hydrogen) atoms. The lowest BCUT2D eigenvalue weighted by Crippen LogP contribution is -2.09. The molecule has 1 atom stereocenters. The van der Waals surface area contributed by atoms with Gasteiger partial charge in [-0.1, -0.05) is 0 Å². The van der Waals surface area contributed by atoms with Gasteiger partial charge in [0.1, 0.15) is 5.75 Å². The molecule has 0 bridgehead atoms. The molecule has 1 aromatic rings. The number of rotatable bonds is 4. The molecule has 0 saturated carbocycles. The van der Waals surface area contributed by atoms with Crippen molar-refractivity contribution in [3.8, 4) is 17.2 Å². The minimum Gasteiger partial charge on any atom is -0.496 e. The van der Waals surface area contributed by atoms with E-state index in [9.17, 15) is 9.90 Å². The van der Waals surface area contributed by atoms with Crippen molar-refractivity contribution in [2.24, 2.45) is 0 Å². The molecule has 0 fully saturated rings. The van der Waals surface area contributed by atoms with Crippen molar-refractivity contribution < 1.29 is 28.8 Å². The van der Waals surface area contributed by atoms with Crippen LogP contribution in [0.1, 0.15) is 18.1 Å². The summed E-state index contributed by atoms with van der Waals surface area (Å²) in [7, 11) is 2.75. The Hall–Kier alpha value is -1.95. The summed E-state index contributed by atoms with van der Waals surface area (Å²) in [5.41, 5.74) is 0.465. The first-order valence-electron chi connectivity index (χ1n) is 5.38. The molecule has 1 heterocycles. The fraction of sp³-hybridized carbons (Fsp3) is 0.417. The first kappa shape index (κ1) is 12.5. The van der Waals surface area contributed by atoms with Crippen LogP contribution in [0.4, 0.5) is 0 Å². The van der Waals surface area contributed by atoms with Gasteiger partial charge in [-0.05, 0) is 6.07 Å². The number of methoxy groups -OCH3 is 2. The smallest absolute Gasteiger partial charge is 0.308 e. The number of esters is 1. The van der Waals surface area contributed by atoms with Crippen LogP contribution in [0.15, 0.2) is 12.1 Å². The van der Waals surface area contributed by atoms with E-state index < -0.39 is 12.1 Å². The van der Waals surface area contributed by atoms with E-state index in [1.807, 2.05) is 0 Å². The van der Waals surface area contributed by atoms with E-state index in [4.69, 9.17) is 14.2 Å². The van der Waals surface area contributed by atoms with Crippen LogP contribution < -0.4 is 14.2 Å². The molecule has 1 aliphatic rings. The molecule has 6 nitrogen and oxygen atoms in total. The third kappa shape index (κ3) is 2.33. The third-order valence-corrected chi connectivity index (χ3v) is 2.67. The molecule has 0 amide bonds. The van der Waals surface area contributed by atoms with Crippen molar-refractivity contribution in [1.82, 2.24) is 0 Å². The SMILES string of the molecule is COC(=O)CC(O)c1cc2c(cc1OC)OCO2. The maximum absolute atomic E-state index is 11.1. The summed E-state index contributed by atoms with van der Waals surface area (Å²) < 4.78 is 20.1. The highest BCUT2D eigenvalue weighted by molar-refractivity contribution is 5.70. The van der Waals surface area contributed by atoms with Gasteiger partial charge >= 0.3 is 5.97 Å². The molecular weight excluding hydrogens is 240 g/mol. The molecule has 0 saturated heterocycles. The molecule has 1 N–H and O–H groups in total. The van der Waals surface area contributed by atoms with Crippen molar-refractivity contribution in [3.05, 3.63) is 17.7 Å². The number of ether oxygens (including phenoxy) is 4. The van der Waals surface area contributed by atoms with Crippen molar-refractivity contribution in [2.75, 3.05) is 21.0 Å². The minimum absolute atomic E-state index is 0.134. The van der Waals surface area contributed by atoms with Crippen LogP contribution in [0.2, 0.25) is 0 Å². The second-order valence-corrected chi connectivity index (χ2v) is 3.74. The Bertz CT molecular complexity index is 456. The molecule has 0 radical (unpaired) electrons. The highest BCUT2D eigenvalue weighted by atomic mass is 16.7. The lowest BCUT2D eigenvalue weighted by Gasteiger charge is -2.14. The molecule has 0 aromatic heterocycles. The molecule has 2 rings (SSSR count). The second-order valence-electron chi connectivity index (χ2n) is 3.74. The Morgan fingerprint density at radius 2 is 2.06 bits per heavy atom. The number of hydrogen-bond acceptors (Lipinski definition) is 6. The molecular formula is C12H14O6. The third-order valence-electron chi connectivity index (χ3n) is 2.67. The monoisotopic (exact) mass is 254 g/mol. The number of aliphatic hydroxyl groups is 1. The van der Waals surface area contributed by atoms with E-state index in [1.165, 1.54) is 14.2 Å². The average molecular weight is 254 g/mol. The Kier molecular flexibility index (Phi) is 3.57. The summed E-state index contributed by atoms with van der Waals surface area (Å²) >= 11 is 0. The Morgan fingerprint density at radius 3 is 2.67 bits per heavy atom. The Balaban J connectivity index is 2.28. The topological polar surface area (TPSA) is 74.2 Å². The van der Waals surface area contributed by atoms with Gasteiger partial charge in [0, 0.05) is 11.6 Å². The molecule has 0 spiro atoms. The molecule has 0 aliphatic carbocycles. The summed E-state index contributed by atoms with van der Waals surface area (Å²) in [6, 6.07) is 3.23. The van der Waals surface area contributed by atoms with Gasteiger partial charge in [-0.3, -0.25) is 4.79 Å². The fourth-order valence-corrected chi connectivity index (χ4v) is 1.73. The lowest BCUT2D eigenvalue weighted by atomic mass is 10.0. The van der Waals surface area contributed by atoms with Crippen LogP contribution in [-0.2, 0) is 9.53 Å². The molecule has 1 aliphatic heterocycles. The lowest BCUT2D eigenvalue weighted by molar-refractivity contribution is -0.142. The number of hydrogen-bond donors (Lipinski definition) is 1. The van der Waals surface area contributed by atoms with Gasteiger partial charge < -0.3 is 24.1 Å². The van der Waals surface area contributed by atoms with Crippen molar-refractivity contribution in [1.29, 1.82) is 0 Å². The van der Waals surface area contributed by atoms with Gasteiger partial charge in [0.25, 0.3) is 0 Å². The largest absolute Gasteiger partial charge is 0.496 e. The average Bonchev–Trinajstić information content (AvgIpc) is 2.83. The zero-order valence-electron chi connectivity index (χ0n) is 10.1. The van der Waals surface area contributed by atoms with Crippen LogP contribution in [0.5, 0.6) is 17.2 Å². The summed E-state index contributed by atoms with van der Waals surface area (Å²) in [5, 5.41) is 9.99. The minimum atomic E-state index is -1.01. The number of carbonyl (C=O) groups is 1. The highest BCUT2D eigenvalue weighted by Gasteiger charge is 2.23. The van der Waals surface area contributed by atoms with E-state index in [0.717, 1.165) is 0 Å². The van der Waals surface area contributed by atoms with Crippen LogP contribution in [0, 0.1) is 0 Å². The summed E-state index contributed by atoms with van der Waals surface area (Å²) in [6.45, 7) is 0.134. The normalized spacial score (nSPS) is 14.2. The van der Waals surface area contributed by atoms with Crippen LogP contribution >= 0.6 is 0 Å². The fourth-order valence-electron chi connectivity index (χ4n) is 1.73. The number of carbonyl (C=O) groups excluding carboxylic acids is 1. The second kappa shape index (κ2) is 5.14. The maximum Gasteiger partial charge on any atom is 0.308 e. The molecule has 1 aromatic carbocycles. The first-order valence-corrected chi connectivity index (χ1v) is 5.38. The summed E-state index contributed by atoms with van der Waals surface area (Å²) in [4.78, 5) is 11.1. The predicted molar refractivity (Wildman–Crippen MR) is 60.7 cm³/mol. The van der Waals surface area contributed by atoms with E-state index in [1.54, 1.807) is 12.1 Å². The van der Waals surface area contributed by atoms with E-state index >= 15 is 0 Å². The van der Waals surface area contributed by atoms with Gasteiger partial charge in [0.2, 0.25) is 6.79 Å². The van der Waals surface area contributed by atoms with Crippen LogP contribution in [0.3, 0.4) is 0 Å². The van der Waals surface area contributed by atoms with Crippen molar-refractivity contribution >= 4 is 5.97 Å². The van der Waals surface area contributed by atoms with Crippen molar-refractivity contribution in [2.45, 2.75) is 12.5 Å². The maximum atomic E-state index is 11.1. The molecule has 6 heteroatoms. The predicted octanol–water partition coefficient (Wildman–Crippen LogP) is 1.02. The molecule has 1 unspecified atom stereocenters. The van der Waals surface area contributed by atoms with Crippen LogP contribution in [-0.4, -0.2) is 32.1 Å². The number of fused-ring (bicyclic) bond motifs is 1. The Labute approximate surface area is 104 Å². The quantitative estimate of drug-likeness (QED) is 0.809. The highest BCUT2D eigenvalue weighted by Crippen LogP contribution is 2.40. The standard InChI is InChI=1S/C12H14O6/c1-15-9-5-11-10(17-6-18-11)3-7(9)8(13)4-12(14)16-2/h3,5,8,13H,4,6H2,1-2H3. The van der Waals surface area contributed by atoms with Gasteiger partial charge in [0.05, 0.1) is 26.7 Å². The van der Waals surface area contributed by atoms with E-state index in [2.05, 4.69) is 4.74 Å². The number of aliphatic hydroxyl groups excluding tert-OH is 1. The molecule has 98 valence electrons. The van der Waals surface area contributed by atoms with E-state index in [-0.39, 0.29) is 13.2 Å². The summed E-state index contributed by atoms with van der Waals surface area (Å²) in [5.74, 6) is 1.02. The zero-order chi connectivity index (χ0) is 13.1. The first-order chi connectivity index (χ1) is 8.65. The van der Waals surface area contributed by atoms with Gasteiger partial charge in [-0.15, -0.1) is 0 Å². The van der Waals surface area contributed by atoms with Gasteiger partial charge in [-0.25, -0.2) is 0 Å². The van der Waals surface area contributed by atoms with Gasteiger partial charge in [-0.2, -0.15) is 0 Å². The van der Waals surface area contributed by atoms with Crippen LogP contribution in [0.25, 0.3) is 0 Å². The van der Waals surface area contributed by atoms with Gasteiger partial charge in [0.15, 0.2) is 11.5 Å². The van der Waals surface area contributed by atoms with Crippen molar-refractivity contribution in [3.63, 3.8) is 0 Å². The number of benzene rings is 1. The van der Waals surface area contributed by atoms with E-state index in [0.29, 0.717) is 22.8 Å².